The smallest absolute Gasteiger partial charge is 0.340 e. The molecule has 0 aliphatic heterocycles. The molecule has 0 aliphatic rings. The number of halogens is 1. The number of hydrogen-bond acceptors (Lipinski definition) is 2. The van der Waals surface area contributed by atoms with Crippen molar-refractivity contribution in [2.45, 2.75) is 26.7 Å². The van der Waals surface area contributed by atoms with Gasteiger partial charge in [-0.1, -0.05) is 26.0 Å². The number of carboxylic acid groups (broad SMARTS) is 1. The lowest BCUT2D eigenvalue weighted by Crippen LogP contribution is -2.01. The van der Waals surface area contributed by atoms with Crippen LogP contribution in [0.5, 0.6) is 11.5 Å². The van der Waals surface area contributed by atoms with E-state index in [1.807, 2.05) is 25.1 Å². The molecule has 0 unspecified atom stereocenters. The molecule has 4 heteroatoms. The van der Waals surface area contributed by atoms with Gasteiger partial charge in [0, 0.05) is 4.47 Å². The van der Waals surface area contributed by atoms with Crippen LogP contribution in [0, 0.1) is 6.92 Å². The quantitative estimate of drug-likeness (QED) is 0.807. The van der Waals surface area contributed by atoms with Gasteiger partial charge in [-0.15, -0.1) is 0 Å². The number of carbonyl (C=O) groups is 1. The molecule has 1 N–H and O–H groups in total. The first-order valence-electron chi connectivity index (χ1n) is 6.70. The molecular formula is C17H17BrO3. The zero-order valence-electron chi connectivity index (χ0n) is 12.2. The molecule has 0 spiro atoms. The summed E-state index contributed by atoms with van der Waals surface area (Å²) in [7, 11) is 0. The largest absolute Gasteiger partial charge is 0.478 e. The predicted octanol–water partition coefficient (Wildman–Crippen LogP) is 5.37. The molecule has 2 aromatic rings. The Morgan fingerprint density at radius 1 is 1.24 bits per heavy atom. The van der Waals surface area contributed by atoms with Gasteiger partial charge in [0.05, 0.1) is 0 Å². The summed E-state index contributed by atoms with van der Waals surface area (Å²) in [6.45, 7) is 6.31. The molecule has 2 aromatic carbocycles. The normalized spacial score (nSPS) is 10.7. The maximum atomic E-state index is 11.3. The monoisotopic (exact) mass is 348 g/mol. The summed E-state index contributed by atoms with van der Waals surface area (Å²) < 4.78 is 6.26. The summed E-state index contributed by atoms with van der Waals surface area (Å²) in [6, 6.07) is 10.9. The Kier molecular flexibility index (Phi) is 4.68. The van der Waals surface area contributed by atoms with Gasteiger partial charge in [-0.05, 0) is 64.2 Å². The first kappa shape index (κ1) is 15.6. The Balaban J connectivity index is 2.37. The fourth-order valence-corrected chi connectivity index (χ4v) is 2.80. The van der Waals surface area contributed by atoms with E-state index in [9.17, 15) is 9.90 Å². The zero-order chi connectivity index (χ0) is 15.6. The highest BCUT2D eigenvalue weighted by molar-refractivity contribution is 9.10. The number of aryl methyl sites for hydroxylation is 1. The van der Waals surface area contributed by atoms with Crippen LogP contribution in [0.1, 0.15) is 41.3 Å². The van der Waals surface area contributed by atoms with Crippen molar-refractivity contribution in [3.63, 3.8) is 0 Å². The lowest BCUT2D eigenvalue weighted by Gasteiger charge is -2.13. The van der Waals surface area contributed by atoms with Gasteiger partial charge in [0.2, 0.25) is 0 Å². The highest BCUT2D eigenvalue weighted by Crippen LogP contribution is 2.32. The van der Waals surface area contributed by atoms with E-state index in [1.165, 1.54) is 5.56 Å². The van der Waals surface area contributed by atoms with Crippen molar-refractivity contribution < 1.29 is 14.6 Å². The van der Waals surface area contributed by atoms with Crippen molar-refractivity contribution in [1.82, 2.24) is 0 Å². The molecule has 0 bridgehead atoms. The molecular weight excluding hydrogens is 332 g/mol. The third-order valence-electron chi connectivity index (χ3n) is 3.28. The lowest BCUT2D eigenvalue weighted by molar-refractivity contribution is 0.0693. The van der Waals surface area contributed by atoms with Crippen molar-refractivity contribution >= 4 is 21.9 Å². The van der Waals surface area contributed by atoms with E-state index < -0.39 is 5.97 Å². The standard InChI is InChI=1S/C17H17BrO3/c1-10(2)13-8-7-12(9-11(13)3)21-15-6-4-5-14(18)16(15)17(19)20/h4-10H,1-3H3,(H,19,20). The highest BCUT2D eigenvalue weighted by Gasteiger charge is 2.16. The zero-order valence-corrected chi connectivity index (χ0v) is 13.8. The minimum absolute atomic E-state index is 0.128. The highest BCUT2D eigenvalue weighted by atomic mass is 79.9. The Bertz CT molecular complexity index is 678. The van der Waals surface area contributed by atoms with Crippen LogP contribution in [-0.2, 0) is 0 Å². The van der Waals surface area contributed by atoms with Gasteiger partial charge in [0.15, 0.2) is 0 Å². The van der Waals surface area contributed by atoms with E-state index in [0.29, 0.717) is 21.9 Å². The Hall–Kier alpha value is -1.81. The van der Waals surface area contributed by atoms with E-state index in [1.54, 1.807) is 18.2 Å². The van der Waals surface area contributed by atoms with E-state index in [4.69, 9.17) is 4.74 Å². The molecule has 0 heterocycles. The Morgan fingerprint density at radius 2 is 1.95 bits per heavy atom. The number of hydrogen-bond donors (Lipinski definition) is 1. The first-order chi connectivity index (χ1) is 9.90. The maximum Gasteiger partial charge on any atom is 0.340 e. The molecule has 0 aliphatic carbocycles. The molecule has 0 fully saturated rings. The second-order valence-corrected chi connectivity index (χ2v) is 6.05. The third kappa shape index (κ3) is 3.45. The van der Waals surface area contributed by atoms with Crippen molar-refractivity contribution in [3.8, 4) is 11.5 Å². The molecule has 0 aromatic heterocycles. The number of aromatic carboxylic acids is 1. The van der Waals surface area contributed by atoms with Crippen LogP contribution in [-0.4, -0.2) is 11.1 Å². The topological polar surface area (TPSA) is 46.5 Å². The molecule has 21 heavy (non-hydrogen) atoms. The van der Waals surface area contributed by atoms with Crippen LogP contribution >= 0.6 is 15.9 Å². The molecule has 0 radical (unpaired) electrons. The van der Waals surface area contributed by atoms with E-state index in [2.05, 4.69) is 29.8 Å². The molecule has 110 valence electrons. The summed E-state index contributed by atoms with van der Waals surface area (Å²) in [5, 5.41) is 9.29. The summed E-state index contributed by atoms with van der Waals surface area (Å²) in [4.78, 5) is 11.3. The van der Waals surface area contributed by atoms with E-state index in [0.717, 1.165) is 5.56 Å². The summed E-state index contributed by atoms with van der Waals surface area (Å²) in [5.41, 5.74) is 2.52. The Morgan fingerprint density at radius 3 is 2.52 bits per heavy atom. The minimum atomic E-state index is -1.02. The molecule has 0 atom stereocenters. The van der Waals surface area contributed by atoms with Crippen molar-refractivity contribution in [2.24, 2.45) is 0 Å². The van der Waals surface area contributed by atoms with Crippen LogP contribution in [0.3, 0.4) is 0 Å². The van der Waals surface area contributed by atoms with Crippen molar-refractivity contribution in [3.05, 3.63) is 57.6 Å². The van der Waals surface area contributed by atoms with Gasteiger partial charge >= 0.3 is 5.97 Å². The molecule has 0 amide bonds. The van der Waals surface area contributed by atoms with Gasteiger partial charge in [0.1, 0.15) is 17.1 Å². The second kappa shape index (κ2) is 6.31. The number of benzene rings is 2. The summed E-state index contributed by atoms with van der Waals surface area (Å²) >= 11 is 3.25. The number of ether oxygens (including phenoxy) is 1. The SMILES string of the molecule is Cc1cc(Oc2cccc(Br)c2C(=O)O)ccc1C(C)C. The van der Waals surface area contributed by atoms with Gasteiger partial charge in [-0.3, -0.25) is 0 Å². The lowest BCUT2D eigenvalue weighted by atomic mass is 9.98. The van der Waals surface area contributed by atoms with Crippen LogP contribution in [0.4, 0.5) is 0 Å². The average Bonchev–Trinajstić information content (AvgIpc) is 2.37. The molecule has 0 saturated heterocycles. The number of carboxylic acids is 1. The van der Waals surface area contributed by atoms with Gasteiger partial charge in [0.25, 0.3) is 0 Å². The fraction of sp³-hybridized carbons (Fsp3) is 0.235. The van der Waals surface area contributed by atoms with Crippen LogP contribution < -0.4 is 4.74 Å². The van der Waals surface area contributed by atoms with Crippen molar-refractivity contribution in [1.29, 1.82) is 0 Å². The van der Waals surface area contributed by atoms with Gasteiger partial charge in [-0.2, -0.15) is 0 Å². The summed E-state index contributed by atoms with van der Waals surface area (Å²) in [6.07, 6.45) is 0. The van der Waals surface area contributed by atoms with Gasteiger partial charge in [-0.25, -0.2) is 4.79 Å². The van der Waals surface area contributed by atoms with Crippen LogP contribution in [0.15, 0.2) is 40.9 Å². The first-order valence-corrected chi connectivity index (χ1v) is 7.49. The minimum Gasteiger partial charge on any atom is -0.478 e. The second-order valence-electron chi connectivity index (χ2n) is 5.19. The van der Waals surface area contributed by atoms with E-state index in [-0.39, 0.29) is 5.56 Å². The Labute approximate surface area is 132 Å². The molecule has 0 saturated carbocycles. The maximum absolute atomic E-state index is 11.3. The van der Waals surface area contributed by atoms with Crippen LogP contribution in [0.2, 0.25) is 0 Å². The van der Waals surface area contributed by atoms with E-state index >= 15 is 0 Å². The summed E-state index contributed by atoms with van der Waals surface area (Å²) in [5.74, 6) is 0.388. The van der Waals surface area contributed by atoms with Crippen molar-refractivity contribution in [2.75, 3.05) is 0 Å². The number of rotatable bonds is 4. The third-order valence-corrected chi connectivity index (χ3v) is 3.94. The fourth-order valence-electron chi connectivity index (χ4n) is 2.28. The predicted molar refractivity (Wildman–Crippen MR) is 86.4 cm³/mol. The molecule has 3 nitrogen and oxygen atoms in total. The average molecular weight is 349 g/mol. The van der Waals surface area contributed by atoms with Crippen LogP contribution in [0.25, 0.3) is 0 Å². The molecule has 2 rings (SSSR count). The van der Waals surface area contributed by atoms with Gasteiger partial charge < -0.3 is 9.84 Å².